The highest BCUT2D eigenvalue weighted by Crippen LogP contribution is 2.25. The summed E-state index contributed by atoms with van der Waals surface area (Å²) in [4.78, 5) is 25.6. The van der Waals surface area contributed by atoms with Gasteiger partial charge in [-0.25, -0.2) is 0 Å². The van der Waals surface area contributed by atoms with E-state index in [1.165, 1.54) is 0 Å². The van der Waals surface area contributed by atoms with Crippen LogP contribution in [0.1, 0.15) is 42.4 Å². The molecule has 1 heterocycles. The van der Waals surface area contributed by atoms with Crippen molar-refractivity contribution in [3.05, 3.63) is 64.2 Å². The number of hydrogen-bond acceptors (Lipinski definition) is 4. The van der Waals surface area contributed by atoms with Crippen LogP contribution in [-0.2, 0) is 29.1 Å². The molecule has 2 aromatic carbocycles. The number of halogens is 1. The van der Waals surface area contributed by atoms with Gasteiger partial charge in [0.05, 0.1) is 13.2 Å². The number of carbonyl (C=O) groups excluding carboxylic acids is 1. The number of rotatable bonds is 5. The van der Waals surface area contributed by atoms with Gasteiger partial charge in [-0.3, -0.25) is 14.5 Å². The van der Waals surface area contributed by atoms with E-state index in [4.69, 9.17) is 21.4 Å². The standard InChI is InChI=1S/C24H29ClN2O4/c25-21-7-3-2-6-19(21)15-27-16-20-14-18(9-11-24(29)30)8-10-22(20)31-13-5-1-4-12-26-23(28)17-27/h2-3,6-8,10,14H,1,4-5,9,11-13,15-17H2,(H,26,28)(H,29,30). The van der Waals surface area contributed by atoms with Gasteiger partial charge in [0.2, 0.25) is 5.91 Å². The lowest BCUT2D eigenvalue weighted by Gasteiger charge is -2.24. The summed E-state index contributed by atoms with van der Waals surface area (Å²) in [7, 11) is 0. The molecule has 0 unspecified atom stereocenters. The Hall–Kier alpha value is -2.57. The van der Waals surface area contributed by atoms with E-state index >= 15 is 0 Å². The lowest BCUT2D eigenvalue weighted by atomic mass is 10.0. The lowest BCUT2D eigenvalue weighted by molar-refractivity contribution is -0.137. The largest absolute Gasteiger partial charge is 0.493 e. The van der Waals surface area contributed by atoms with E-state index in [1.807, 2.05) is 47.4 Å². The Balaban J connectivity index is 1.87. The second-order valence-corrected chi connectivity index (χ2v) is 8.24. The number of nitrogens with one attached hydrogen (secondary N) is 1. The van der Waals surface area contributed by atoms with Crippen molar-refractivity contribution >= 4 is 23.5 Å². The molecule has 1 amide bonds. The smallest absolute Gasteiger partial charge is 0.303 e. The summed E-state index contributed by atoms with van der Waals surface area (Å²) in [6, 6.07) is 13.5. The number of carboxylic acid groups (broad SMARTS) is 1. The summed E-state index contributed by atoms with van der Waals surface area (Å²) in [6.45, 7) is 2.52. The molecule has 3 rings (SSSR count). The van der Waals surface area contributed by atoms with Gasteiger partial charge >= 0.3 is 5.97 Å². The zero-order valence-electron chi connectivity index (χ0n) is 17.6. The number of ether oxygens (including phenoxy) is 1. The fraction of sp³-hybridized carbons (Fsp3) is 0.417. The van der Waals surface area contributed by atoms with Crippen LogP contribution in [0.15, 0.2) is 42.5 Å². The summed E-state index contributed by atoms with van der Waals surface area (Å²) < 4.78 is 6.06. The van der Waals surface area contributed by atoms with E-state index in [0.717, 1.165) is 41.7 Å². The topological polar surface area (TPSA) is 78.9 Å². The summed E-state index contributed by atoms with van der Waals surface area (Å²) in [5, 5.41) is 12.7. The average Bonchev–Trinajstić information content (AvgIpc) is 2.75. The molecule has 0 aromatic heterocycles. The highest BCUT2D eigenvalue weighted by Gasteiger charge is 2.17. The van der Waals surface area contributed by atoms with E-state index in [1.54, 1.807) is 0 Å². The summed E-state index contributed by atoms with van der Waals surface area (Å²) in [5.74, 6) is -0.0593. The SMILES string of the molecule is O=C(O)CCc1ccc2c(c1)CN(Cc1ccccc1Cl)CC(=O)NCCCCCO2. The van der Waals surface area contributed by atoms with Crippen LogP contribution in [0.5, 0.6) is 5.75 Å². The van der Waals surface area contributed by atoms with E-state index in [2.05, 4.69) is 5.32 Å². The maximum atomic E-state index is 12.5. The molecule has 166 valence electrons. The van der Waals surface area contributed by atoms with E-state index in [0.29, 0.717) is 37.7 Å². The van der Waals surface area contributed by atoms with E-state index in [-0.39, 0.29) is 18.9 Å². The molecule has 0 radical (unpaired) electrons. The van der Waals surface area contributed by atoms with Gasteiger partial charge in [-0.05, 0) is 48.9 Å². The molecule has 1 aliphatic rings. The molecule has 0 atom stereocenters. The van der Waals surface area contributed by atoms with Crippen LogP contribution in [0, 0.1) is 0 Å². The third-order valence-electron chi connectivity index (χ3n) is 5.27. The van der Waals surface area contributed by atoms with E-state index < -0.39 is 5.97 Å². The number of amides is 1. The van der Waals surface area contributed by atoms with Crippen molar-refractivity contribution in [2.24, 2.45) is 0 Å². The van der Waals surface area contributed by atoms with Gasteiger partial charge in [-0.15, -0.1) is 0 Å². The second-order valence-electron chi connectivity index (χ2n) is 7.83. The molecule has 0 saturated heterocycles. The summed E-state index contributed by atoms with van der Waals surface area (Å²) in [5.41, 5.74) is 2.84. The Kier molecular flexibility index (Phi) is 8.74. The molecule has 2 N–H and O–H groups in total. The molecule has 0 fully saturated rings. The highest BCUT2D eigenvalue weighted by atomic mass is 35.5. The first kappa shape index (κ1) is 23.1. The van der Waals surface area contributed by atoms with Gasteiger partial charge < -0.3 is 15.2 Å². The number of hydrogen-bond donors (Lipinski definition) is 2. The van der Waals surface area contributed by atoms with Crippen LogP contribution in [0.2, 0.25) is 5.02 Å². The third kappa shape index (κ3) is 7.56. The van der Waals surface area contributed by atoms with Crippen LogP contribution >= 0.6 is 11.6 Å². The Morgan fingerprint density at radius 1 is 1.13 bits per heavy atom. The van der Waals surface area contributed by atoms with Crippen LogP contribution in [-0.4, -0.2) is 41.6 Å². The number of aliphatic carboxylic acids is 1. The van der Waals surface area contributed by atoms with Gasteiger partial charge in [0.25, 0.3) is 0 Å². The van der Waals surface area contributed by atoms with Gasteiger partial charge in [-0.2, -0.15) is 0 Å². The summed E-state index contributed by atoms with van der Waals surface area (Å²) in [6.07, 6.45) is 3.34. The molecule has 0 aliphatic carbocycles. The second kappa shape index (κ2) is 11.7. The first-order valence-electron chi connectivity index (χ1n) is 10.7. The number of fused-ring (bicyclic) bond motifs is 1. The van der Waals surface area contributed by atoms with Gasteiger partial charge in [-0.1, -0.05) is 41.9 Å². The van der Waals surface area contributed by atoms with Crippen LogP contribution in [0.3, 0.4) is 0 Å². The minimum atomic E-state index is -0.822. The molecule has 31 heavy (non-hydrogen) atoms. The lowest BCUT2D eigenvalue weighted by Crippen LogP contribution is -2.37. The molecule has 0 saturated carbocycles. The third-order valence-corrected chi connectivity index (χ3v) is 5.63. The van der Waals surface area contributed by atoms with Gasteiger partial charge in [0.15, 0.2) is 0 Å². The normalized spacial score (nSPS) is 16.1. The molecular formula is C24H29ClN2O4. The molecule has 6 nitrogen and oxygen atoms in total. The molecule has 2 aromatic rings. The molecule has 0 spiro atoms. The highest BCUT2D eigenvalue weighted by molar-refractivity contribution is 6.31. The van der Waals surface area contributed by atoms with Crippen molar-refractivity contribution in [3.8, 4) is 5.75 Å². The number of benzene rings is 2. The number of carbonyl (C=O) groups is 2. The molecule has 1 aliphatic heterocycles. The number of aryl methyl sites for hydroxylation is 1. The quantitative estimate of drug-likeness (QED) is 0.727. The maximum absolute atomic E-state index is 12.5. The monoisotopic (exact) mass is 444 g/mol. The molecular weight excluding hydrogens is 416 g/mol. The van der Waals surface area contributed by atoms with E-state index in [9.17, 15) is 9.59 Å². The van der Waals surface area contributed by atoms with Crippen molar-refractivity contribution in [1.29, 1.82) is 0 Å². The van der Waals surface area contributed by atoms with Gasteiger partial charge in [0.1, 0.15) is 5.75 Å². The fourth-order valence-corrected chi connectivity index (χ4v) is 3.85. The minimum absolute atomic E-state index is 0.0178. The van der Waals surface area contributed by atoms with Crippen LogP contribution in [0.25, 0.3) is 0 Å². The van der Waals surface area contributed by atoms with Crippen molar-refractivity contribution < 1.29 is 19.4 Å². The molecule has 7 heteroatoms. The Bertz CT molecular complexity index is 903. The minimum Gasteiger partial charge on any atom is -0.493 e. The predicted molar refractivity (Wildman–Crippen MR) is 120 cm³/mol. The zero-order valence-corrected chi connectivity index (χ0v) is 18.4. The van der Waals surface area contributed by atoms with Gasteiger partial charge in [0, 0.05) is 36.6 Å². The predicted octanol–water partition coefficient (Wildman–Crippen LogP) is 4.04. The van der Waals surface area contributed by atoms with Crippen molar-refractivity contribution in [1.82, 2.24) is 10.2 Å². The maximum Gasteiger partial charge on any atom is 0.303 e. The first-order valence-corrected chi connectivity index (χ1v) is 11.1. The molecule has 0 bridgehead atoms. The average molecular weight is 445 g/mol. The number of nitrogens with zero attached hydrogens (tertiary/aromatic N) is 1. The van der Waals surface area contributed by atoms with Crippen LogP contribution in [0.4, 0.5) is 0 Å². The Labute approximate surface area is 188 Å². The Morgan fingerprint density at radius 3 is 2.77 bits per heavy atom. The fourth-order valence-electron chi connectivity index (χ4n) is 3.65. The summed E-state index contributed by atoms with van der Waals surface area (Å²) >= 11 is 6.37. The van der Waals surface area contributed by atoms with Crippen molar-refractivity contribution in [2.45, 2.75) is 45.2 Å². The van der Waals surface area contributed by atoms with Crippen molar-refractivity contribution in [3.63, 3.8) is 0 Å². The first-order chi connectivity index (χ1) is 15.0. The number of carboxylic acids is 1. The Morgan fingerprint density at radius 2 is 1.97 bits per heavy atom. The zero-order chi connectivity index (χ0) is 22.1. The van der Waals surface area contributed by atoms with Crippen molar-refractivity contribution in [2.75, 3.05) is 19.7 Å². The van der Waals surface area contributed by atoms with Crippen LogP contribution < -0.4 is 10.1 Å².